The van der Waals surface area contributed by atoms with Gasteiger partial charge in [0, 0.05) is 18.1 Å². The molecule has 0 aliphatic rings. The van der Waals surface area contributed by atoms with E-state index in [9.17, 15) is 4.79 Å². The average molecular weight is 374 g/mol. The molecule has 144 valence electrons. The summed E-state index contributed by atoms with van der Waals surface area (Å²) in [6, 6.07) is 19.7. The highest BCUT2D eigenvalue weighted by Gasteiger charge is 2.17. The lowest BCUT2D eigenvalue weighted by Crippen LogP contribution is -2.30. The average Bonchev–Trinajstić information content (AvgIpc) is 2.70. The molecule has 0 fully saturated rings. The second-order valence-electron chi connectivity index (χ2n) is 7.17. The molecule has 0 radical (unpaired) electrons. The number of carbonyl (C=O) groups is 1. The first-order valence-electron chi connectivity index (χ1n) is 9.57. The standard InChI is InChI=1S/C24H26N2O2/c1-17(2)22-6-4-5-7-23(22)28-18(3)24(27)26-21-10-8-19(9-11-21)16-20-12-14-25-15-13-20/h4-15,17-18H,16H2,1-3H3,(H,26,27)/t18-/m1/s1. The molecule has 4 heteroatoms. The summed E-state index contributed by atoms with van der Waals surface area (Å²) >= 11 is 0. The molecule has 1 N–H and O–H groups in total. The molecule has 0 spiro atoms. The molecule has 0 bridgehead atoms. The van der Waals surface area contributed by atoms with Crippen LogP contribution in [-0.4, -0.2) is 17.0 Å². The van der Waals surface area contributed by atoms with Gasteiger partial charge in [-0.3, -0.25) is 9.78 Å². The van der Waals surface area contributed by atoms with Gasteiger partial charge in [0.15, 0.2) is 6.10 Å². The van der Waals surface area contributed by atoms with Crippen molar-refractivity contribution >= 4 is 11.6 Å². The number of carbonyl (C=O) groups excluding carboxylic acids is 1. The minimum atomic E-state index is -0.587. The minimum Gasteiger partial charge on any atom is -0.481 e. The van der Waals surface area contributed by atoms with Crippen molar-refractivity contribution in [1.29, 1.82) is 0 Å². The van der Waals surface area contributed by atoms with Crippen molar-refractivity contribution in [3.8, 4) is 5.75 Å². The van der Waals surface area contributed by atoms with Gasteiger partial charge < -0.3 is 10.1 Å². The van der Waals surface area contributed by atoms with Crippen molar-refractivity contribution < 1.29 is 9.53 Å². The van der Waals surface area contributed by atoms with E-state index in [0.717, 1.165) is 23.4 Å². The van der Waals surface area contributed by atoms with E-state index in [1.54, 1.807) is 19.3 Å². The van der Waals surface area contributed by atoms with E-state index in [1.165, 1.54) is 11.1 Å². The smallest absolute Gasteiger partial charge is 0.265 e. The molecular weight excluding hydrogens is 348 g/mol. The summed E-state index contributed by atoms with van der Waals surface area (Å²) in [4.78, 5) is 16.6. The summed E-state index contributed by atoms with van der Waals surface area (Å²) in [5, 5.41) is 2.93. The van der Waals surface area contributed by atoms with Gasteiger partial charge in [0.1, 0.15) is 5.75 Å². The molecule has 0 unspecified atom stereocenters. The Bertz CT molecular complexity index is 905. The van der Waals surface area contributed by atoms with E-state index in [2.05, 4.69) is 24.1 Å². The molecule has 0 aliphatic carbocycles. The Hall–Kier alpha value is -3.14. The zero-order chi connectivity index (χ0) is 19.9. The number of para-hydroxylation sites is 1. The van der Waals surface area contributed by atoms with Gasteiger partial charge in [-0.1, -0.05) is 44.2 Å². The summed E-state index contributed by atoms with van der Waals surface area (Å²) in [6.45, 7) is 5.99. The number of anilines is 1. The first-order chi connectivity index (χ1) is 13.5. The number of rotatable bonds is 7. The molecule has 0 aliphatic heterocycles. The summed E-state index contributed by atoms with van der Waals surface area (Å²) < 4.78 is 5.93. The normalized spacial score (nSPS) is 11.9. The predicted molar refractivity (Wildman–Crippen MR) is 113 cm³/mol. The summed E-state index contributed by atoms with van der Waals surface area (Å²) in [7, 11) is 0. The van der Waals surface area contributed by atoms with Crippen LogP contribution in [0.15, 0.2) is 73.1 Å². The Balaban J connectivity index is 1.60. The Kier molecular flexibility index (Phi) is 6.43. The lowest BCUT2D eigenvalue weighted by atomic mass is 10.0. The molecule has 3 aromatic rings. The maximum Gasteiger partial charge on any atom is 0.265 e. The van der Waals surface area contributed by atoms with Crippen LogP contribution in [0.5, 0.6) is 5.75 Å². The number of pyridine rings is 1. The topological polar surface area (TPSA) is 51.2 Å². The van der Waals surface area contributed by atoms with Gasteiger partial charge >= 0.3 is 0 Å². The van der Waals surface area contributed by atoms with Crippen LogP contribution in [0, 0.1) is 0 Å². The SMILES string of the molecule is CC(C)c1ccccc1O[C@H](C)C(=O)Nc1ccc(Cc2ccncc2)cc1. The lowest BCUT2D eigenvalue weighted by molar-refractivity contribution is -0.122. The number of benzene rings is 2. The predicted octanol–water partition coefficient (Wildman–Crippen LogP) is 5.20. The third kappa shape index (κ3) is 5.19. The zero-order valence-electron chi connectivity index (χ0n) is 16.6. The van der Waals surface area contributed by atoms with Crippen LogP contribution in [-0.2, 0) is 11.2 Å². The lowest BCUT2D eigenvalue weighted by Gasteiger charge is -2.18. The fourth-order valence-electron chi connectivity index (χ4n) is 2.99. The van der Waals surface area contributed by atoms with Crippen molar-refractivity contribution in [3.05, 3.63) is 89.7 Å². The summed E-state index contributed by atoms with van der Waals surface area (Å²) in [6.07, 6.45) is 3.84. The Morgan fingerprint density at radius 1 is 0.929 bits per heavy atom. The van der Waals surface area contributed by atoms with Gasteiger partial charge in [-0.25, -0.2) is 0 Å². The highest BCUT2D eigenvalue weighted by atomic mass is 16.5. The molecule has 3 rings (SSSR count). The van der Waals surface area contributed by atoms with Crippen molar-refractivity contribution in [1.82, 2.24) is 4.98 Å². The number of aromatic nitrogens is 1. The van der Waals surface area contributed by atoms with Crippen LogP contribution in [0.3, 0.4) is 0 Å². The van der Waals surface area contributed by atoms with E-state index in [4.69, 9.17) is 4.74 Å². The molecule has 0 saturated carbocycles. The Morgan fingerprint density at radius 3 is 2.25 bits per heavy atom. The van der Waals surface area contributed by atoms with E-state index in [-0.39, 0.29) is 5.91 Å². The van der Waals surface area contributed by atoms with Gasteiger partial charge in [-0.15, -0.1) is 0 Å². The van der Waals surface area contributed by atoms with Gasteiger partial charge in [0.25, 0.3) is 5.91 Å². The molecule has 28 heavy (non-hydrogen) atoms. The van der Waals surface area contributed by atoms with Crippen LogP contribution in [0.25, 0.3) is 0 Å². The van der Waals surface area contributed by atoms with Gasteiger partial charge in [-0.2, -0.15) is 0 Å². The molecule has 1 atom stereocenters. The van der Waals surface area contributed by atoms with Crippen molar-refractivity contribution in [2.24, 2.45) is 0 Å². The number of hydrogen-bond acceptors (Lipinski definition) is 3. The third-order valence-corrected chi connectivity index (χ3v) is 4.59. The molecular formula is C24H26N2O2. The van der Waals surface area contributed by atoms with E-state index in [0.29, 0.717) is 5.92 Å². The van der Waals surface area contributed by atoms with E-state index in [1.807, 2.05) is 60.7 Å². The summed E-state index contributed by atoms with van der Waals surface area (Å²) in [5.41, 5.74) is 4.25. The highest BCUT2D eigenvalue weighted by Crippen LogP contribution is 2.27. The third-order valence-electron chi connectivity index (χ3n) is 4.59. The number of amides is 1. The van der Waals surface area contributed by atoms with Crippen LogP contribution < -0.4 is 10.1 Å². The number of ether oxygens (including phenoxy) is 1. The number of hydrogen-bond donors (Lipinski definition) is 1. The highest BCUT2D eigenvalue weighted by molar-refractivity contribution is 5.94. The first kappa shape index (κ1) is 19.6. The van der Waals surface area contributed by atoms with Crippen LogP contribution >= 0.6 is 0 Å². The fraction of sp³-hybridized carbons (Fsp3) is 0.250. The molecule has 1 aromatic heterocycles. The Morgan fingerprint density at radius 2 is 1.57 bits per heavy atom. The zero-order valence-corrected chi connectivity index (χ0v) is 16.6. The molecule has 2 aromatic carbocycles. The van der Waals surface area contributed by atoms with Crippen molar-refractivity contribution in [3.63, 3.8) is 0 Å². The maximum absolute atomic E-state index is 12.5. The maximum atomic E-state index is 12.5. The molecule has 4 nitrogen and oxygen atoms in total. The largest absolute Gasteiger partial charge is 0.481 e. The van der Waals surface area contributed by atoms with E-state index < -0.39 is 6.10 Å². The van der Waals surface area contributed by atoms with E-state index >= 15 is 0 Å². The van der Waals surface area contributed by atoms with Crippen LogP contribution in [0.2, 0.25) is 0 Å². The Labute approximate surface area is 166 Å². The fourth-order valence-corrected chi connectivity index (χ4v) is 2.99. The summed E-state index contributed by atoms with van der Waals surface area (Å²) in [5.74, 6) is 0.924. The minimum absolute atomic E-state index is 0.166. The van der Waals surface area contributed by atoms with Crippen LogP contribution in [0.1, 0.15) is 43.4 Å². The first-order valence-corrected chi connectivity index (χ1v) is 9.57. The molecule has 1 heterocycles. The van der Waals surface area contributed by atoms with Gasteiger partial charge in [-0.05, 0) is 66.3 Å². The number of nitrogens with zero attached hydrogens (tertiary/aromatic N) is 1. The second-order valence-corrected chi connectivity index (χ2v) is 7.17. The number of nitrogens with one attached hydrogen (secondary N) is 1. The molecule has 0 saturated heterocycles. The van der Waals surface area contributed by atoms with Gasteiger partial charge in [0.05, 0.1) is 0 Å². The van der Waals surface area contributed by atoms with Gasteiger partial charge in [0.2, 0.25) is 0 Å². The second kappa shape index (κ2) is 9.18. The molecule has 1 amide bonds. The monoisotopic (exact) mass is 374 g/mol. The van der Waals surface area contributed by atoms with Crippen LogP contribution in [0.4, 0.5) is 5.69 Å². The van der Waals surface area contributed by atoms with Crippen molar-refractivity contribution in [2.45, 2.75) is 39.2 Å². The quantitative estimate of drug-likeness (QED) is 0.618. The van der Waals surface area contributed by atoms with Crippen molar-refractivity contribution in [2.75, 3.05) is 5.32 Å².